The maximum absolute atomic E-state index is 11.7. The van der Waals surface area contributed by atoms with E-state index in [0.29, 0.717) is 18.7 Å². The van der Waals surface area contributed by atoms with Gasteiger partial charge in [-0.05, 0) is 30.5 Å². The van der Waals surface area contributed by atoms with E-state index in [1.165, 1.54) is 6.92 Å². The molecule has 1 aliphatic rings. The summed E-state index contributed by atoms with van der Waals surface area (Å²) < 4.78 is 23.3. The molecule has 1 aliphatic heterocycles. The van der Waals surface area contributed by atoms with E-state index in [4.69, 9.17) is 0 Å². The van der Waals surface area contributed by atoms with Crippen LogP contribution in [0.25, 0.3) is 0 Å². The van der Waals surface area contributed by atoms with E-state index >= 15 is 0 Å². The largest absolute Gasteiger partial charge is 0.381 e. The molecule has 0 aromatic heterocycles. The van der Waals surface area contributed by atoms with Gasteiger partial charge in [-0.25, -0.2) is 8.42 Å². The molecule has 1 aromatic rings. The van der Waals surface area contributed by atoms with Gasteiger partial charge in [0.25, 0.3) is 0 Å². The minimum Gasteiger partial charge on any atom is -0.381 e. The van der Waals surface area contributed by atoms with E-state index in [1.807, 2.05) is 24.3 Å². The lowest BCUT2D eigenvalue weighted by Crippen LogP contribution is -2.34. The number of carbonyl (C=O) groups is 1. The molecule has 0 spiro atoms. The third kappa shape index (κ3) is 4.74. The average molecular weight is 310 g/mol. The molecule has 6 heteroatoms. The normalized spacial score (nSPS) is 20.8. The van der Waals surface area contributed by atoms with Gasteiger partial charge in [0.05, 0.1) is 11.5 Å². The Kier molecular flexibility index (Phi) is 4.88. The molecule has 5 nitrogen and oxygen atoms in total. The second-order valence-corrected chi connectivity index (χ2v) is 7.90. The van der Waals surface area contributed by atoms with E-state index in [1.54, 1.807) is 11.9 Å². The van der Waals surface area contributed by atoms with Gasteiger partial charge in [0.15, 0.2) is 9.84 Å². The van der Waals surface area contributed by atoms with Gasteiger partial charge in [-0.15, -0.1) is 0 Å². The summed E-state index contributed by atoms with van der Waals surface area (Å²) in [5.74, 6) is 0.519. The van der Waals surface area contributed by atoms with Gasteiger partial charge in [0, 0.05) is 32.2 Å². The summed E-state index contributed by atoms with van der Waals surface area (Å²) in [6.45, 7) is 2.09. The lowest BCUT2D eigenvalue weighted by Gasteiger charge is -2.24. The van der Waals surface area contributed by atoms with E-state index < -0.39 is 9.84 Å². The van der Waals surface area contributed by atoms with Crippen molar-refractivity contribution in [2.45, 2.75) is 32.4 Å². The van der Waals surface area contributed by atoms with Gasteiger partial charge in [0.2, 0.25) is 5.91 Å². The van der Waals surface area contributed by atoms with Crippen LogP contribution in [0, 0.1) is 0 Å². The summed E-state index contributed by atoms with van der Waals surface area (Å²) in [5.41, 5.74) is 1.93. The fourth-order valence-corrected chi connectivity index (χ4v) is 4.15. The minimum atomic E-state index is -2.91. The number of sulfone groups is 1. The van der Waals surface area contributed by atoms with Crippen LogP contribution in [-0.2, 0) is 21.2 Å². The number of nitrogens with one attached hydrogen (secondary N) is 1. The van der Waals surface area contributed by atoms with Crippen LogP contribution in [-0.4, -0.2) is 43.8 Å². The lowest BCUT2D eigenvalue weighted by molar-refractivity contribution is -0.128. The van der Waals surface area contributed by atoms with E-state index in [9.17, 15) is 13.2 Å². The summed E-state index contributed by atoms with van der Waals surface area (Å²) >= 11 is 0. The fraction of sp³-hybridized carbons (Fsp3) is 0.533. The minimum absolute atomic E-state index is 0.0201. The standard InChI is InChI=1S/C15H22N2O3S/c1-12(18)17(2)10-13-5-3-6-14(9-13)16-15-7-4-8-21(19,20)11-15/h3,5-6,9,15-16H,4,7-8,10-11H2,1-2H3. The van der Waals surface area contributed by atoms with Crippen molar-refractivity contribution in [3.63, 3.8) is 0 Å². The molecule has 0 bridgehead atoms. The Morgan fingerprint density at radius 3 is 2.86 bits per heavy atom. The number of rotatable bonds is 4. The predicted octanol–water partition coefficient (Wildman–Crippen LogP) is 1.65. The molecule has 0 saturated carbocycles. The molecule has 0 aliphatic carbocycles. The van der Waals surface area contributed by atoms with Gasteiger partial charge < -0.3 is 10.2 Å². The second-order valence-electron chi connectivity index (χ2n) is 5.67. The molecule has 21 heavy (non-hydrogen) atoms. The summed E-state index contributed by atoms with van der Waals surface area (Å²) in [4.78, 5) is 12.9. The van der Waals surface area contributed by atoms with Crippen LogP contribution in [0.5, 0.6) is 0 Å². The maximum Gasteiger partial charge on any atom is 0.219 e. The Morgan fingerprint density at radius 2 is 2.19 bits per heavy atom. The molecule has 1 unspecified atom stereocenters. The first kappa shape index (κ1) is 15.8. The van der Waals surface area contributed by atoms with Crippen molar-refractivity contribution in [2.75, 3.05) is 23.9 Å². The van der Waals surface area contributed by atoms with Crippen molar-refractivity contribution in [3.8, 4) is 0 Å². The third-order valence-electron chi connectivity index (χ3n) is 3.72. The quantitative estimate of drug-likeness (QED) is 0.918. The highest BCUT2D eigenvalue weighted by Crippen LogP contribution is 2.19. The Hall–Kier alpha value is -1.56. The fourth-order valence-electron chi connectivity index (χ4n) is 2.52. The summed E-state index contributed by atoms with van der Waals surface area (Å²) in [6.07, 6.45) is 1.59. The third-order valence-corrected chi connectivity index (χ3v) is 5.54. The zero-order valence-corrected chi connectivity index (χ0v) is 13.3. The summed E-state index contributed by atoms with van der Waals surface area (Å²) in [7, 11) is -1.15. The molecule has 1 heterocycles. The SMILES string of the molecule is CC(=O)N(C)Cc1cccc(NC2CCCS(=O)(=O)C2)c1. The molecule has 1 amide bonds. The van der Waals surface area contributed by atoms with Crippen molar-refractivity contribution in [1.29, 1.82) is 0 Å². The van der Waals surface area contributed by atoms with Gasteiger partial charge >= 0.3 is 0 Å². The maximum atomic E-state index is 11.7. The van der Waals surface area contributed by atoms with E-state index in [0.717, 1.165) is 17.7 Å². The smallest absolute Gasteiger partial charge is 0.219 e. The van der Waals surface area contributed by atoms with Gasteiger partial charge in [-0.1, -0.05) is 12.1 Å². The predicted molar refractivity (Wildman–Crippen MR) is 83.9 cm³/mol. The molecule has 1 atom stereocenters. The molecule has 1 aromatic carbocycles. The van der Waals surface area contributed by atoms with Gasteiger partial charge in [-0.2, -0.15) is 0 Å². The highest BCUT2D eigenvalue weighted by molar-refractivity contribution is 7.91. The first-order valence-electron chi connectivity index (χ1n) is 7.13. The Bertz CT molecular complexity index is 613. The Morgan fingerprint density at radius 1 is 1.43 bits per heavy atom. The zero-order valence-electron chi connectivity index (χ0n) is 12.5. The van der Waals surface area contributed by atoms with Crippen LogP contribution < -0.4 is 5.32 Å². The summed E-state index contributed by atoms with van der Waals surface area (Å²) in [5, 5.41) is 3.30. The molecule has 1 saturated heterocycles. The second kappa shape index (κ2) is 6.47. The first-order chi connectivity index (χ1) is 9.85. The monoisotopic (exact) mass is 310 g/mol. The zero-order chi connectivity index (χ0) is 15.5. The molecule has 1 N–H and O–H groups in total. The van der Waals surface area contributed by atoms with Crippen molar-refractivity contribution >= 4 is 21.4 Å². The van der Waals surface area contributed by atoms with Crippen molar-refractivity contribution in [2.24, 2.45) is 0 Å². The number of hydrogen-bond acceptors (Lipinski definition) is 4. The van der Waals surface area contributed by atoms with Gasteiger partial charge in [0.1, 0.15) is 0 Å². The first-order valence-corrected chi connectivity index (χ1v) is 8.95. The lowest BCUT2D eigenvalue weighted by atomic mass is 10.1. The van der Waals surface area contributed by atoms with Crippen molar-refractivity contribution in [3.05, 3.63) is 29.8 Å². The molecule has 1 fully saturated rings. The number of carbonyl (C=O) groups excluding carboxylic acids is 1. The van der Waals surface area contributed by atoms with Crippen molar-refractivity contribution < 1.29 is 13.2 Å². The molecule has 0 radical (unpaired) electrons. The number of hydrogen-bond donors (Lipinski definition) is 1. The molecular weight excluding hydrogens is 288 g/mol. The van der Waals surface area contributed by atoms with Crippen LogP contribution in [0.2, 0.25) is 0 Å². The van der Waals surface area contributed by atoms with Crippen LogP contribution in [0.15, 0.2) is 24.3 Å². The average Bonchev–Trinajstić information content (AvgIpc) is 2.37. The van der Waals surface area contributed by atoms with Crippen molar-refractivity contribution in [1.82, 2.24) is 4.90 Å². The number of amides is 1. The number of benzene rings is 1. The highest BCUT2D eigenvalue weighted by atomic mass is 32.2. The molecular formula is C15H22N2O3S. The Balaban J connectivity index is 2.02. The van der Waals surface area contributed by atoms with Crippen LogP contribution >= 0.6 is 0 Å². The molecule has 116 valence electrons. The summed E-state index contributed by atoms with van der Waals surface area (Å²) in [6, 6.07) is 7.76. The van der Waals surface area contributed by atoms with E-state index in [-0.39, 0.29) is 17.7 Å². The van der Waals surface area contributed by atoms with E-state index in [2.05, 4.69) is 5.32 Å². The highest BCUT2D eigenvalue weighted by Gasteiger charge is 2.24. The van der Waals surface area contributed by atoms with Crippen LogP contribution in [0.4, 0.5) is 5.69 Å². The number of nitrogens with zero attached hydrogens (tertiary/aromatic N) is 1. The Labute approximate surface area is 126 Å². The number of anilines is 1. The van der Waals surface area contributed by atoms with Crippen LogP contribution in [0.1, 0.15) is 25.3 Å². The molecule has 2 rings (SSSR count). The van der Waals surface area contributed by atoms with Gasteiger partial charge in [-0.3, -0.25) is 4.79 Å². The van der Waals surface area contributed by atoms with Crippen LogP contribution in [0.3, 0.4) is 0 Å². The topological polar surface area (TPSA) is 66.5 Å².